The topological polar surface area (TPSA) is 108 Å². The molecule has 8 nitrogen and oxygen atoms in total. The molecule has 0 spiro atoms. The van der Waals surface area contributed by atoms with E-state index in [0.29, 0.717) is 0 Å². The summed E-state index contributed by atoms with van der Waals surface area (Å²) >= 11 is 0. The van der Waals surface area contributed by atoms with E-state index in [4.69, 9.17) is 18.3 Å². The van der Waals surface area contributed by atoms with E-state index >= 15 is 0 Å². The molecule has 1 N–H and O–H groups in total. The standard InChI is InChI=1S/C27H31NO7/c1-7-9-10-20(8-2)21-13-11-19(12-14-21)15-22(28-25(30)35-27(4,5)6)16-24(29)32-17-23-18(3)33-26(31)34-23/h7-15H,2,16-17H2,1,3-6H3,(H,28,30)/b9-7-,20-10+,22-15-. The molecule has 0 radical (unpaired) electrons. The predicted molar refractivity (Wildman–Crippen MR) is 133 cm³/mol. The van der Waals surface area contributed by atoms with Crippen LogP contribution in [-0.4, -0.2) is 17.7 Å². The fourth-order valence-electron chi connectivity index (χ4n) is 2.88. The first kappa shape index (κ1) is 27.2. The summed E-state index contributed by atoms with van der Waals surface area (Å²) in [5.41, 5.74) is 2.23. The van der Waals surface area contributed by atoms with Crippen molar-refractivity contribution in [2.45, 2.75) is 53.2 Å². The van der Waals surface area contributed by atoms with Gasteiger partial charge in [-0.2, -0.15) is 0 Å². The molecule has 1 amide bonds. The van der Waals surface area contributed by atoms with Crippen molar-refractivity contribution in [3.05, 3.63) is 94.1 Å². The maximum absolute atomic E-state index is 12.5. The Morgan fingerprint density at radius 1 is 1.14 bits per heavy atom. The average molecular weight is 482 g/mol. The number of rotatable bonds is 9. The Labute approximate surface area is 204 Å². The minimum atomic E-state index is -0.871. The molecule has 0 aliphatic carbocycles. The van der Waals surface area contributed by atoms with Crippen LogP contribution in [0.2, 0.25) is 0 Å². The minimum absolute atomic E-state index is 0.119. The van der Waals surface area contributed by atoms with Crippen LogP contribution in [0.4, 0.5) is 4.79 Å². The van der Waals surface area contributed by atoms with Crippen molar-refractivity contribution in [2.24, 2.45) is 0 Å². The lowest BCUT2D eigenvalue weighted by molar-refractivity contribution is -0.144. The van der Waals surface area contributed by atoms with Crippen LogP contribution in [0.5, 0.6) is 0 Å². The number of benzene rings is 1. The fourth-order valence-corrected chi connectivity index (χ4v) is 2.88. The summed E-state index contributed by atoms with van der Waals surface area (Å²) in [5.74, 6) is -1.17. The van der Waals surface area contributed by atoms with Crippen LogP contribution < -0.4 is 11.1 Å². The van der Waals surface area contributed by atoms with Gasteiger partial charge < -0.3 is 18.3 Å². The monoisotopic (exact) mass is 481 g/mol. The van der Waals surface area contributed by atoms with Gasteiger partial charge in [0.1, 0.15) is 5.60 Å². The third kappa shape index (κ3) is 9.37. The molecule has 0 atom stereocenters. The smallest absolute Gasteiger partial charge is 0.457 e. The molecule has 2 aromatic rings. The minimum Gasteiger partial charge on any atom is -0.457 e. The van der Waals surface area contributed by atoms with Gasteiger partial charge in [-0.1, -0.05) is 55.1 Å². The fraction of sp³-hybridized carbons (Fsp3) is 0.296. The summed E-state index contributed by atoms with van der Waals surface area (Å²) in [6, 6.07) is 7.54. The predicted octanol–water partition coefficient (Wildman–Crippen LogP) is 5.69. The number of hydrogen-bond donors (Lipinski definition) is 1. The summed E-state index contributed by atoms with van der Waals surface area (Å²) in [7, 11) is 0. The van der Waals surface area contributed by atoms with Crippen molar-refractivity contribution in [1.29, 1.82) is 0 Å². The second-order valence-corrected chi connectivity index (χ2v) is 8.54. The zero-order chi connectivity index (χ0) is 26.0. The number of ether oxygens (including phenoxy) is 2. The summed E-state index contributed by atoms with van der Waals surface area (Å²) in [6.07, 6.45) is 8.27. The van der Waals surface area contributed by atoms with E-state index in [0.717, 1.165) is 16.7 Å². The highest BCUT2D eigenvalue weighted by Gasteiger charge is 2.19. The number of alkyl carbamates (subject to hydrolysis) is 1. The highest BCUT2D eigenvalue weighted by molar-refractivity contribution is 5.79. The molecule has 1 aromatic carbocycles. The number of esters is 1. The molecular formula is C27H31NO7. The van der Waals surface area contributed by atoms with Crippen molar-refractivity contribution in [1.82, 2.24) is 5.32 Å². The molecular weight excluding hydrogens is 450 g/mol. The van der Waals surface area contributed by atoms with Gasteiger partial charge in [0.05, 0.1) is 6.42 Å². The first-order valence-corrected chi connectivity index (χ1v) is 11.0. The zero-order valence-electron chi connectivity index (χ0n) is 20.7. The van der Waals surface area contributed by atoms with E-state index in [2.05, 4.69) is 11.9 Å². The maximum Gasteiger partial charge on any atom is 0.519 e. The van der Waals surface area contributed by atoms with Gasteiger partial charge in [-0.05, 0) is 57.4 Å². The Hall–Kier alpha value is -4.07. The average Bonchev–Trinajstić information content (AvgIpc) is 3.09. The molecule has 0 bridgehead atoms. The van der Waals surface area contributed by atoms with Gasteiger partial charge in [0.25, 0.3) is 0 Å². The van der Waals surface area contributed by atoms with Gasteiger partial charge in [-0.15, -0.1) is 0 Å². The third-order valence-electron chi connectivity index (χ3n) is 4.47. The number of nitrogens with one attached hydrogen (secondary N) is 1. The lowest BCUT2D eigenvalue weighted by Gasteiger charge is -2.20. The number of amides is 1. The molecule has 35 heavy (non-hydrogen) atoms. The first-order chi connectivity index (χ1) is 16.5. The van der Waals surface area contributed by atoms with Crippen molar-refractivity contribution < 1.29 is 27.9 Å². The van der Waals surface area contributed by atoms with Gasteiger partial charge in [0.15, 0.2) is 18.1 Å². The quantitative estimate of drug-likeness (QED) is 0.362. The van der Waals surface area contributed by atoms with E-state index in [-0.39, 0.29) is 30.2 Å². The molecule has 0 aliphatic rings. The summed E-state index contributed by atoms with van der Waals surface area (Å²) in [5, 5.41) is 2.61. The highest BCUT2D eigenvalue weighted by atomic mass is 16.6. The molecule has 186 valence electrons. The van der Waals surface area contributed by atoms with Gasteiger partial charge in [0, 0.05) is 5.70 Å². The van der Waals surface area contributed by atoms with E-state index in [1.807, 2.05) is 49.4 Å². The van der Waals surface area contributed by atoms with E-state index in [1.54, 1.807) is 32.9 Å². The maximum atomic E-state index is 12.5. The van der Waals surface area contributed by atoms with Crippen LogP contribution in [-0.2, 0) is 20.9 Å². The molecule has 0 saturated carbocycles. The third-order valence-corrected chi connectivity index (χ3v) is 4.47. The zero-order valence-corrected chi connectivity index (χ0v) is 20.7. The van der Waals surface area contributed by atoms with E-state index in [9.17, 15) is 14.4 Å². The molecule has 0 unspecified atom stereocenters. The Balaban J connectivity index is 2.21. The number of carbonyl (C=O) groups excluding carboxylic acids is 2. The van der Waals surface area contributed by atoms with Crippen LogP contribution in [0.3, 0.4) is 0 Å². The summed E-state index contributed by atoms with van der Waals surface area (Å²) in [4.78, 5) is 35.9. The van der Waals surface area contributed by atoms with Crippen LogP contribution in [0, 0.1) is 6.92 Å². The molecule has 0 aliphatic heterocycles. The molecule has 0 saturated heterocycles. The molecule has 1 heterocycles. The largest absolute Gasteiger partial charge is 0.519 e. The van der Waals surface area contributed by atoms with Crippen molar-refractivity contribution in [2.75, 3.05) is 0 Å². The Morgan fingerprint density at radius 3 is 2.37 bits per heavy atom. The lowest BCUT2D eigenvalue weighted by Crippen LogP contribution is -2.32. The van der Waals surface area contributed by atoms with Crippen LogP contribution in [0.1, 0.15) is 56.8 Å². The Kier molecular flexibility index (Phi) is 9.64. The number of aryl methyl sites for hydroxylation is 1. The first-order valence-electron chi connectivity index (χ1n) is 11.0. The van der Waals surface area contributed by atoms with Crippen molar-refractivity contribution in [3.63, 3.8) is 0 Å². The summed E-state index contributed by atoms with van der Waals surface area (Å²) < 4.78 is 20.1. The lowest BCUT2D eigenvalue weighted by atomic mass is 10.0. The van der Waals surface area contributed by atoms with Crippen LogP contribution >= 0.6 is 0 Å². The summed E-state index contributed by atoms with van der Waals surface area (Å²) in [6.45, 7) is 12.2. The second kappa shape index (κ2) is 12.4. The van der Waals surface area contributed by atoms with E-state index in [1.165, 1.54) is 6.92 Å². The van der Waals surface area contributed by atoms with E-state index < -0.39 is 23.5 Å². The van der Waals surface area contributed by atoms with Crippen molar-refractivity contribution in [3.8, 4) is 0 Å². The number of hydrogen-bond acceptors (Lipinski definition) is 7. The van der Waals surface area contributed by atoms with Crippen LogP contribution in [0.15, 0.2) is 74.5 Å². The number of carbonyl (C=O) groups is 2. The van der Waals surface area contributed by atoms with Crippen LogP contribution in [0.25, 0.3) is 11.6 Å². The molecule has 0 fully saturated rings. The molecule has 1 aromatic heterocycles. The molecule has 2 rings (SSSR count). The van der Waals surface area contributed by atoms with Gasteiger partial charge in [-0.25, -0.2) is 9.59 Å². The Morgan fingerprint density at radius 2 is 1.83 bits per heavy atom. The SMILES string of the molecule is C=C/C(=C\C=C/C)c1ccc(/C=C(/CC(=O)OCc2oc(=O)oc2C)NC(=O)OC(C)(C)C)cc1. The van der Waals surface area contributed by atoms with Gasteiger partial charge >= 0.3 is 17.9 Å². The number of allylic oxidation sites excluding steroid dienone is 5. The van der Waals surface area contributed by atoms with Gasteiger partial charge in [-0.3, -0.25) is 10.1 Å². The Bertz CT molecular complexity index is 1190. The normalized spacial score (nSPS) is 12.5. The van der Waals surface area contributed by atoms with Crippen molar-refractivity contribution >= 4 is 23.7 Å². The molecule has 8 heteroatoms. The van der Waals surface area contributed by atoms with Gasteiger partial charge in [0.2, 0.25) is 0 Å². The highest BCUT2D eigenvalue weighted by Crippen LogP contribution is 2.19. The second-order valence-electron chi connectivity index (χ2n) is 8.54.